The molecule has 0 aromatic heterocycles. The molecule has 0 fully saturated rings. The lowest BCUT2D eigenvalue weighted by molar-refractivity contribution is -0.165. The largest absolute Gasteiger partial charge is 0.479 e. The molecule has 0 saturated carbocycles. The number of rotatable bonds is 16. The zero-order valence-electron chi connectivity index (χ0n) is 16.0. The lowest BCUT2D eigenvalue weighted by Gasteiger charge is -2.23. The minimum atomic E-state index is -2.31. The Hall–Kier alpha value is -1.02. The Bertz CT molecular complexity index is 405. The van der Waals surface area contributed by atoms with Crippen molar-refractivity contribution in [3.05, 3.63) is 0 Å². The number of hydrogen-bond donors (Lipinski definition) is 5. The van der Waals surface area contributed by atoms with Crippen LogP contribution in [-0.2, 0) is 9.59 Å². The molecule has 5 atom stereocenters. The lowest BCUT2D eigenvalue weighted by atomic mass is 9.97. The molecule has 7 heteroatoms. The first-order valence-electron chi connectivity index (χ1n) is 9.70. The van der Waals surface area contributed by atoms with Gasteiger partial charge in [-0.1, -0.05) is 64.7 Å². The smallest absolute Gasteiger partial charge is 0.335 e. The molecule has 7 nitrogen and oxygen atoms in total. The maximum atomic E-state index is 11.9. The van der Waals surface area contributed by atoms with Crippen molar-refractivity contribution in [1.82, 2.24) is 0 Å². The molecule has 0 radical (unpaired) electrons. The second kappa shape index (κ2) is 14.2. The van der Waals surface area contributed by atoms with Gasteiger partial charge in [-0.3, -0.25) is 4.79 Å². The predicted octanol–water partition coefficient (Wildman–Crippen LogP) is 1.39. The zero-order valence-corrected chi connectivity index (χ0v) is 15.0. The molecule has 1 unspecified atom stereocenters. The number of carboxylic acids is 1. The number of unbranched alkanes of at least 4 members (excludes halogenated alkanes) is 7. The van der Waals surface area contributed by atoms with Crippen LogP contribution >= 0.6 is 0 Å². The van der Waals surface area contributed by atoms with Crippen LogP contribution in [0.2, 0.25) is 0 Å². The molecule has 0 aliphatic heterocycles. The van der Waals surface area contributed by atoms with Crippen LogP contribution in [-0.4, -0.2) is 61.7 Å². The molecule has 0 aromatic carbocycles. The van der Waals surface area contributed by atoms with Gasteiger partial charge in [-0.15, -0.1) is 0 Å². The van der Waals surface area contributed by atoms with Crippen LogP contribution in [0.25, 0.3) is 0 Å². The van der Waals surface area contributed by atoms with Crippen molar-refractivity contribution in [3.8, 4) is 0 Å². The molecule has 0 aliphatic rings. The summed E-state index contributed by atoms with van der Waals surface area (Å²) in [7, 11) is 0. The monoisotopic (exact) mass is 363 g/mol. The molecule has 0 bridgehead atoms. The van der Waals surface area contributed by atoms with Gasteiger partial charge in [0, 0.05) is 7.79 Å². The molecule has 0 rings (SSSR count). The van der Waals surface area contributed by atoms with E-state index in [9.17, 15) is 24.9 Å². The van der Waals surface area contributed by atoms with Crippen molar-refractivity contribution in [3.63, 3.8) is 0 Å². The number of aliphatic hydroxyl groups is 4. The Morgan fingerprint density at radius 3 is 1.72 bits per heavy atom. The maximum absolute atomic E-state index is 11.9. The summed E-state index contributed by atoms with van der Waals surface area (Å²) in [5.41, 5.74) is 0. The molecule has 0 aliphatic carbocycles. The number of carboxylic acid groups (broad SMARTS) is 1. The van der Waals surface area contributed by atoms with Gasteiger partial charge in [0.25, 0.3) is 0 Å². The number of carbonyl (C=O) groups excluding carboxylic acids is 1. The zero-order chi connectivity index (χ0) is 20.1. The van der Waals surface area contributed by atoms with Crippen LogP contribution in [0.4, 0.5) is 0 Å². The van der Waals surface area contributed by atoms with E-state index in [1.54, 1.807) is 0 Å². The Morgan fingerprint density at radius 2 is 1.24 bits per heavy atom. The van der Waals surface area contributed by atoms with Crippen LogP contribution in [0.5, 0.6) is 0 Å². The highest BCUT2D eigenvalue weighted by molar-refractivity contribution is 5.83. The van der Waals surface area contributed by atoms with E-state index in [0.717, 1.165) is 25.7 Å². The number of ketones is 1. The predicted molar refractivity (Wildman–Crippen MR) is 93.1 cm³/mol. The van der Waals surface area contributed by atoms with Gasteiger partial charge in [0.2, 0.25) is 0 Å². The highest BCUT2D eigenvalue weighted by atomic mass is 16.4. The SMILES string of the molecule is [2H]C(CCCCCCCCCC)CC(=O)[C@H](O)[C@@H](O)[C@H](O)[C@H](O)C(=O)O. The Kier molecular flexibility index (Phi) is 12.5. The van der Waals surface area contributed by atoms with E-state index in [2.05, 4.69) is 6.92 Å². The average molecular weight is 363 g/mol. The summed E-state index contributed by atoms with van der Waals surface area (Å²) in [6.07, 6.45) is -0.251. The summed E-state index contributed by atoms with van der Waals surface area (Å²) in [6, 6.07) is 0. The molecule has 0 amide bonds. The fraction of sp³-hybridized carbons (Fsp3) is 0.889. The summed E-state index contributed by atoms with van der Waals surface area (Å²) in [5, 5.41) is 46.5. The Labute approximate surface area is 151 Å². The molecule has 0 saturated heterocycles. The van der Waals surface area contributed by atoms with Crippen LogP contribution in [0, 0.1) is 0 Å². The molecule has 0 aromatic rings. The third-order valence-electron chi connectivity index (χ3n) is 4.19. The number of Topliss-reactive ketones (excluding diaryl/α,β-unsaturated/α-hetero) is 1. The number of carbonyl (C=O) groups is 2. The third-order valence-corrected chi connectivity index (χ3v) is 4.19. The molecule has 148 valence electrons. The highest BCUT2D eigenvalue weighted by Crippen LogP contribution is 2.13. The van der Waals surface area contributed by atoms with E-state index in [1.165, 1.54) is 25.7 Å². The van der Waals surface area contributed by atoms with E-state index in [0.29, 0.717) is 6.42 Å². The number of aliphatic hydroxyl groups excluding tert-OH is 4. The van der Waals surface area contributed by atoms with Gasteiger partial charge < -0.3 is 25.5 Å². The molecule has 0 heterocycles. The van der Waals surface area contributed by atoms with Crippen LogP contribution in [0.3, 0.4) is 0 Å². The van der Waals surface area contributed by atoms with Gasteiger partial charge in [-0.05, 0) is 6.40 Å². The first-order valence-corrected chi connectivity index (χ1v) is 9.12. The van der Waals surface area contributed by atoms with Gasteiger partial charge in [0.05, 0.1) is 0 Å². The minimum absolute atomic E-state index is 0.301. The molecule has 5 N–H and O–H groups in total. The Balaban J connectivity index is 4.04. The molecular formula is C18H34O7. The first kappa shape index (κ1) is 22.0. The summed E-state index contributed by atoms with van der Waals surface area (Å²) >= 11 is 0. The normalized spacial score (nSPS) is 18.0. The summed E-state index contributed by atoms with van der Waals surface area (Å²) in [5.74, 6) is -2.63. The number of aliphatic carboxylic acids is 1. The maximum Gasteiger partial charge on any atom is 0.335 e. The van der Waals surface area contributed by atoms with Crippen LogP contribution < -0.4 is 0 Å². The fourth-order valence-electron chi connectivity index (χ4n) is 2.50. The van der Waals surface area contributed by atoms with Crippen molar-refractivity contribution >= 4 is 11.8 Å². The van der Waals surface area contributed by atoms with Crippen LogP contribution in [0.15, 0.2) is 0 Å². The van der Waals surface area contributed by atoms with E-state index in [-0.39, 0.29) is 6.42 Å². The van der Waals surface area contributed by atoms with Crippen molar-refractivity contribution < 1.29 is 36.5 Å². The highest BCUT2D eigenvalue weighted by Gasteiger charge is 2.36. The van der Waals surface area contributed by atoms with Crippen molar-refractivity contribution in [2.24, 2.45) is 0 Å². The molecule has 0 spiro atoms. The van der Waals surface area contributed by atoms with Gasteiger partial charge in [-0.2, -0.15) is 0 Å². The Morgan fingerprint density at radius 1 is 0.800 bits per heavy atom. The fourth-order valence-corrected chi connectivity index (χ4v) is 2.50. The van der Waals surface area contributed by atoms with E-state index in [1.807, 2.05) is 0 Å². The first-order chi connectivity index (χ1) is 12.2. The summed E-state index contributed by atoms with van der Waals surface area (Å²) in [6.45, 7) is 2.17. The van der Waals surface area contributed by atoms with Gasteiger partial charge in [-0.25, -0.2) is 4.79 Å². The van der Waals surface area contributed by atoms with Gasteiger partial charge in [0.15, 0.2) is 11.9 Å². The second-order valence-corrected chi connectivity index (χ2v) is 6.43. The van der Waals surface area contributed by atoms with E-state index in [4.69, 9.17) is 11.6 Å². The molecule has 25 heavy (non-hydrogen) atoms. The van der Waals surface area contributed by atoms with E-state index >= 15 is 0 Å². The summed E-state index contributed by atoms with van der Waals surface area (Å²) in [4.78, 5) is 22.4. The van der Waals surface area contributed by atoms with Crippen molar-refractivity contribution in [1.29, 1.82) is 0 Å². The quantitative estimate of drug-likeness (QED) is 0.261. The average Bonchev–Trinajstić information content (AvgIpc) is 2.61. The van der Waals surface area contributed by atoms with Crippen molar-refractivity contribution in [2.45, 2.75) is 102 Å². The van der Waals surface area contributed by atoms with E-state index < -0.39 is 42.6 Å². The third kappa shape index (κ3) is 10.5. The lowest BCUT2D eigenvalue weighted by Crippen LogP contribution is -2.50. The van der Waals surface area contributed by atoms with Crippen LogP contribution in [0.1, 0.15) is 78.9 Å². The van der Waals surface area contributed by atoms with Gasteiger partial charge >= 0.3 is 5.97 Å². The van der Waals surface area contributed by atoms with Gasteiger partial charge in [0.1, 0.15) is 18.3 Å². The summed E-state index contributed by atoms with van der Waals surface area (Å²) < 4.78 is 7.85. The minimum Gasteiger partial charge on any atom is -0.479 e. The topological polar surface area (TPSA) is 135 Å². The standard InChI is InChI=1S/C18H34O7/c1-2-3-4-5-6-7-8-9-10-11-12-13(19)14(20)15(21)16(22)17(23)18(24)25/h14-17,20-23H,2-12H2,1H3,(H,24,25)/t14-,15+,16-,17-/m0/s1/i11D/t11?,14-,15+,16-,17-. The second-order valence-electron chi connectivity index (χ2n) is 6.43. The number of hydrogen-bond acceptors (Lipinski definition) is 6. The van der Waals surface area contributed by atoms with Crippen molar-refractivity contribution in [2.75, 3.05) is 0 Å². The molecular weight excluding hydrogens is 328 g/mol.